The second-order valence-electron chi connectivity index (χ2n) is 15.2. The Morgan fingerprint density at radius 1 is 0.882 bits per heavy atom. The lowest BCUT2D eigenvalue weighted by molar-refractivity contribution is -0.231. The molecular weight excluding hydrogens is 424 g/mol. The molecule has 0 aliphatic heterocycles. The van der Waals surface area contributed by atoms with E-state index in [-0.39, 0.29) is 33.0 Å². The van der Waals surface area contributed by atoms with Crippen LogP contribution in [0.3, 0.4) is 0 Å². The van der Waals surface area contributed by atoms with E-state index in [1.807, 2.05) is 0 Å². The smallest absolute Gasteiger partial charge is 0.310 e. The van der Waals surface area contributed by atoms with Crippen LogP contribution in [0.1, 0.15) is 106 Å². The molecule has 3 N–H and O–H groups in total. The van der Waals surface area contributed by atoms with Gasteiger partial charge in [-0.15, -0.1) is 0 Å². The van der Waals surface area contributed by atoms with Crippen molar-refractivity contribution in [1.29, 1.82) is 0 Å². The maximum atomic E-state index is 12.8. The van der Waals surface area contributed by atoms with Crippen molar-refractivity contribution in [3.05, 3.63) is 11.6 Å². The van der Waals surface area contributed by atoms with Gasteiger partial charge < -0.3 is 15.3 Å². The average Bonchev–Trinajstić information content (AvgIpc) is 2.72. The van der Waals surface area contributed by atoms with E-state index in [1.165, 1.54) is 5.57 Å². The van der Waals surface area contributed by atoms with E-state index in [4.69, 9.17) is 0 Å². The zero-order chi connectivity index (χ0) is 25.1. The summed E-state index contributed by atoms with van der Waals surface area (Å²) in [5.41, 5.74) is 0.754. The average molecular weight is 473 g/mol. The van der Waals surface area contributed by atoms with Crippen molar-refractivity contribution in [3.63, 3.8) is 0 Å². The Hall–Kier alpha value is -0.870. The third kappa shape index (κ3) is 2.88. The van der Waals surface area contributed by atoms with Gasteiger partial charge in [0.05, 0.1) is 17.6 Å². The first kappa shape index (κ1) is 24.8. The van der Waals surface area contributed by atoms with Gasteiger partial charge in [0.1, 0.15) is 0 Å². The molecule has 5 aliphatic rings. The van der Waals surface area contributed by atoms with E-state index < -0.39 is 23.6 Å². The molecule has 0 radical (unpaired) electrons. The summed E-state index contributed by atoms with van der Waals surface area (Å²) in [5, 5.41) is 32.4. The van der Waals surface area contributed by atoms with Crippen LogP contribution in [-0.2, 0) is 4.79 Å². The number of aliphatic hydroxyl groups is 2. The number of hydrogen-bond acceptors (Lipinski definition) is 3. The molecule has 0 aromatic heterocycles. The summed E-state index contributed by atoms with van der Waals surface area (Å²) in [6.07, 6.45) is 9.45. The molecule has 9 atom stereocenters. The number of hydrogen-bond donors (Lipinski definition) is 3. The second-order valence-corrected chi connectivity index (χ2v) is 15.2. The maximum Gasteiger partial charge on any atom is 0.310 e. The normalized spacial score (nSPS) is 53.4. The lowest BCUT2D eigenvalue weighted by Gasteiger charge is -2.71. The molecule has 0 spiro atoms. The molecule has 0 aromatic carbocycles. The predicted molar refractivity (Wildman–Crippen MR) is 134 cm³/mol. The molecule has 192 valence electrons. The van der Waals surface area contributed by atoms with E-state index in [1.54, 1.807) is 0 Å². The Morgan fingerprint density at radius 3 is 2.18 bits per heavy atom. The Bertz CT molecular complexity index is 919. The van der Waals surface area contributed by atoms with Crippen LogP contribution in [-0.4, -0.2) is 33.5 Å². The Labute approximate surface area is 206 Å². The summed E-state index contributed by atoms with van der Waals surface area (Å²) in [4.78, 5) is 12.8. The Kier molecular flexibility index (Phi) is 5.20. The van der Waals surface area contributed by atoms with Crippen LogP contribution >= 0.6 is 0 Å². The highest BCUT2D eigenvalue weighted by Crippen LogP contribution is 2.75. The number of rotatable bonds is 1. The third-order valence-corrected chi connectivity index (χ3v) is 13.0. The minimum Gasteiger partial charge on any atom is -0.481 e. The van der Waals surface area contributed by atoms with Crippen molar-refractivity contribution >= 4 is 5.97 Å². The highest BCUT2D eigenvalue weighted by molar-refractivity contribution is 5.76. The zero-order valence-corrected chi connectivity index (χ0v) is 22.6. The van der Waals surface area contributed by atoms with Gasteiger partial charge in [0.25, 0.3) is 0 Å². The second kappa shape index (κ2) is 7.12. The van der Waals surface area contributed by atoms with Gasteiger partial charge in [0, 0.05) is 0 Å². The summed E-state index contributed by atoms with van der Waals surface area (Å²) >= 11 is 0. The number of carbonyl (C=O) groups is 1. The number of aliphatic carboxylic acids is 1. The first-order valence-electron chi connectivity index (χ1n) is 13.9. The Morgan fingerprint density at radius 2 is 1.53 bits per heavy atom. The fourth-order valence-corrected chi connectivity index (χ4v) is 10.8. The molecule has 4 saturated carbocycles. The number of fused-ring (bicyclic) bond motifs is 7. The van der Waals surface area contributed by atoms with Gasteiger partial charge in [0.15, 0.2) is 0 Å². The highest BCUT2D eigenvalue weighted by Gasteiger charge is 2.70. The minimum atomic E-state index is -0.679. The van der Waals surface area contributed by atoms with Gasteiger partial charge in [-0.3, -0.25) is 4.79 Å². The van der Waals surface area contributed by atoms with E-state index >= 15 is 0 Å². The van der Waals surface area contributed by atoms with Crippen LogP contribution < -0.4 is 0 Å². The van der Waals surface area contributed by atoms with Crippen LogP contribution in [0.5, 0.6) is 0 Å². The number of allylic oxidation sites excluding steroid dienone is 2. The van der Waals surface area contributed by atoms with Crippen LogP contribution in [0.4, 0.5) is 0 Å². The van der Waals surface area contributed by atoms with Crippen molar-refractivity contribution in [2.75, 3.05) is 0 Å². The molecule has 5 aliphatic carbocycles. The van der Waals surface area contributed by atoms with Crippen molar-refractivity contribution in [1.82, 2.24) is 0 Å². The molecule has 0 amide bonds. The van der Waals surface area contributed by atoms with E-state index in [0.717, 1.165) is 51.4 Å². The van der Waals surface area contributed by atoms with Gasteiger partial charge in [-0.05, 0) is 103 Å². The van der Waals surface area contributed by atoms with Gasteiger partial charge in [-0.25, -0.2) is 0 Å². The van der Waals surface area contributed by atoms with Crippen molar-refractivity contribution in [2.24, 2.45) is 50.2 Å². The maximum absolute atomic E-state index is 12.8. The van der Waals surface area contributed by atoms with Crippen molar-refractivity contribution in [3.8, 4) is 0 Å². The topological polar surface area (TPSA) is 77.8 Å². The van der Waals surface area contributed by atoms with E-state index in [2.05, 4.69) is 54.5 Å². The molecule has 0 bridgehead atoms. The molecule has 0 saturated heterocycles. The quantitative estimate of drug-likeness (QED) is 0.397. The number of carboxylic acids is 1. The predicted octanol–water partition coefficient (Wildman–Crippen LogP) is 6.20. The SMILES string of the molecule is CC1(C)CC[C@]2(C(=O)O)CC[C@]3(C)C(=CC[C@@H]4[C@@]5(C)C[C@H](O)[C@H](O)C(C)(C)C5CC[C@]43C)[C@H]2C1. The largest absolute Gasteiger partial charge is 0.481 e. The fraction of sp³-hybridized carbons (Fsp3) is 0.900. The van der Waals surface area contributed by atoms with Crippen LogP contribution in [0.2, 0.25) is 0 Å². The summed E-state index contributed by atoms with van der Waals surface area (Å²) < 4.78 is 0. The molecule has 4 fully saturated rings. The molecule has 0 aromatic rings. The molecule has 4 heteroatoms. The van der Waals surface area contributed by atoms with Crippen LogP contribution in [0, 0.1) is 50.2 Å². The summed E-state index contributed by atoms with van der Waals surface area (Å²) in [7, 11) is 0. The first-order chi connectivity index (χ1) is 15.6. The van der Waals surface area contributed by atoms with Gasteiger partial charge in [-0.2, -0.15) is 0 Å². The molecule has 1 unspecified atom stereocenters. The van der Waals surface area contributed by atoms with Crippen molar-refractivity contribution < 1.29 is 20.1 Å². The van der Waals surface area contributed by atoms with Gasteiger partial charge in [-0.1, -0.05) is 60.1 Å². The standard InChI is InChI=1S/C30H48O4/c1-25(2)12-14-30(24(33)34)15-13-28(6)18(19(30)16-25)8-9-22-27(5)17-20(31)23(32)26(3,4)21(27)10-11-29(22,28)7/h8,19-23,31-32H,9-17H2,1-7H3,(H,33,34)/t19-,20+,21?,22-,23+,27+,28-,29-,30+/m1/s1. The van der Waals surface area contributed by atoms with E-state index in [9.17, 15) is 20.1 Å². The summed E-state index contributed by atoms with van der Waals surface area (Å²) in [6, 6.07) is 0. The fourth-order valence-electron chi connectivity index (χ4n) is 10.8. The lowest BCUT2D eigenvalue weighted by atomic mass is 9.33. The zero-order valence-electron chi connectivity index (χ0n) is 22.6. The van der Waals surface area contributed by atoms with Crippen LogP contribution in [0.25, 0.3) is 0 Å². The monoisotopic (exact) mass is 472 g/mol. The molecule has 34 heavy (non-hydrogen) atoms. The molecular formula is C30H48O4. The van der Waals surface area contributed by atoms with E-state index in [0.29, 0.717) is 18.3 Å². The summed E-state index contributed by atoms with van der Waals surface area (Å²) in [6.45, 7) is 16.3. The van der Waals surface area contributed by atoms with Gasteiger partial charge in [0.2, 0.25) is 0 Å². The lowest BCUT2D eigenvalue weighted by Crippen LogP contribution is -2.67. The molecule has 4 nitrogen and oxygen atoms in total. The third-order valence-electron chi connectivity index (χ3n) is 13.0. The minimum absolute atomic E-state index is 0.00785. The number of aliphatic hydroxyl groups excluding tert-OH is 2. The molecule has 5 rings (SSSR count). The summed E-state index contributed by atoms with van der Waals surface area (Å²) in [5.74, 6) is 0.365. The molecule has 0 heterocycles. The Balaban J connectivity index is 1.61. The first-order valence-corrected chi connectivity index (χ1v) is 13.9. The van der Waals surface area contributed by atoms with Crippen molar-refractivity contribution in [2.45, 2.75) is 118 Å². The van der Waals surface area contributed by atoms with Gasteiger partial charge >= 0.3 is 5.97 Å². The van der Waals surface area contributed by atoms with Crippen LogP contribution in [0.15, 0.2) is 11.6 Å². The number of carboxylic acid groups (broad SMARTS) is 1. The highest BCUT2D eigenvalue weighted by atomic mass is 16.4.